The van der Waals surface area contributed by atoms with Crippen LogP contribution in [0.25, 0.3) is 0 Å². The smallest absolute Gasteiger partial charge is 0.237 e. The second-order valence-corrected chi connectivity index (χ2v) is 6.25. The monoisotopic (exact) mass is 302 g/mol. The number of hydrogen-bond acceptors (Lipinski definition) is 5. The van der Waals surface area contributed by atoms with E-state index >= 15 is 0 Å². The van der Waals surface area contributed by atoms with E-state index in [9.17, 15) is 4.39 Å². The fraction of sp³-hybridized carbons (Fsp3) is 0.500. The van der Waals surface area contributed by atoms with Crippen molar-refractivity contribution in [2.45, 2.75) is 24.3 Å². The summed E-state index contributed by atoms with van der Waals surface area (Å²) in [6.07, 6.45) is 1.94. The quantitative estimate of drug-likeness (QED) is 0.938. The molecule has 1 aliphatic heterocycles. The number of hydrogen-bond donors (Lipinski definition) is 1. The maximum Gasteiger partial charge on any atom is 0.237 e. The van der Waals surface area contributed by atoms with Gasteiger partial charge in [0.1, 0.15) is 5.82 Å². The third-order valence-corrected chi connectivity index (χ3v) is 4.81. The fourth-order valence-corrected chi connectivity index (χ4v) is 3.18. The standard InChI is InChI=1S/C16H19FN4O/c1-21-9-8-18-10-13(21)14-19-15(22-20-14)16(6-7-16)11-2-4-12(17)5-3-11/h2-5,13,18H,6-10H2,1H3. The summed E-state index contributed by atoms with van der Waals surface area (Å²) in [5.74, 6) is 1.17. The van der Waals surface area contributed by atoms with Crippen molar-refractivity contribution in [1.82, 2.24) is 20.4 Å². The lowest BCUT2D eigenvalue weighted by molar-refractivity contribution is 0.190. The fourth-order valence-electron chi connectivity index (χ4n) is 3.18. The van der Waals surface area contributed by atoms with Crippen LogP contribution in [0.4, 0.5) is 4.39 Å². The molecule has 5 nitrogen and oxygen atoms in total. The van der Waals surface area contributed by atoms with Crippen LogP contribution in [0.2, 0.25) is 0 Å². The van der Waals surface area contributed by atoms with E-state index in [0.29, 0.717) is 5.89 Å². The minimum absolute atomic E-state index is 0.148. The number of nitrogens with one attached hydrogen (secondary N) is 1. The Hall–Kier alpha value is -1.79. The number of benzene rings is 1. The Morgan fingerprint density at radius 2 is 2.09 bits per heavy atom. The predicted molar refractivity (Wildman–Crippen MR) is 79.0 cm³/mol. The highest BCUT2D eigenvalue weighted by atomic mass is 19.1. The molecular formula is C16H19FN4O. The number of aromatic nitrogens is 2. The van der Waals surface area contributed by atoms with Gasteiger partial charge in [0.05, 0.1) is 11.5 Å². The molecule has 6 heteroatoms. The Bertz CT molecular complexity index is 665. The molecule has 1 aromatic carbocycles. The molecule has 2 aliphatic rings. The first-order valence-electron chi connectivity index (χ1n) is 7.70. The van der Waals surface area contributed by atoms with Crippen LogP contribution in [0.15, 0.2) is 28.8 Å². The van der Waals surface area contributed by atoms with Gasteiger partial charge in [0.15, 0.2) is 5.82 Å². The van der Waals surface area contributed by atoms with Crippen LogP contribution < -0.4 is 5.32 Å². The Morgan fingerprint density at radius 3 is 2.77 bits per heavy atom. The van der Waals surface area contributed by atoms with Crippen molar-refractivity contribution in [1.29, 1.82) is 0 Å². The van der Waals surface area contributed by atoms with E-state index in [1.165, 1.54) is 12.1 Å². The summed E-state index contributed by atoms with van der Waals surface area (Å²) in [6, 6.07) is 6.77. The van der Waals surface area contributed by atoms with Crippen molar-refractivity contribution >= 4 is 0 Å². The molecule has 0 radical (unpaired) electrons. The molecule has 116 valence electrons. The van der Waals surface area contributed by atoms with Gasteiger partial charge in [-0.3, -0.25) is 4.90 Å². The van der Waals surface area contributed by atoms with Crippen LogP contribution in [-0.2, 0) is 5.41 Å². The Balaban J connectivity index is 1.62. The maximum absolute atomic E-state index is 13.1. The van der Waals surface area contributed by atoms with Crippen LogP contribution >= 0.6 is 0 Å². The lowest BCUT2D eigenvalue weighted by Crippen LogP contribution is -2.44. The molecule has 2 aromatic rings. The summed E-state index contributed by atoms with van der Waals surface area (Å²) in [4.78, 5) is 6.90. The molecule has 1 N–H and O–H groups in total. The average Bonchev–Trinajstić information content (AvgIpc) is 3.19. The first-order valence-corrected chi connectivity index (χ1v) is 7.70. The third kappa shape index (κ3) is 2.23. The van der Waals surface area contributed by atoms with Gasteiger partial charge in [-0.1, -0.05) is 17.3 Å². The molecule has 1 aromatic heterocycles. The van der Waals surface area contributed by atoms with Crippen molar-refractivity contribution in [3.8, 4) is 0 Å². The van der Waals surface area contributed by atoms with Gasteiger partial charge < -0.3 is 9.84 Å². The summed E-state index contributed by atoms with van der Waals surface area (Å²) in [7, 11) is 2.08. The molecule has 1 atom stereocenters. The number of likely N-dealkylation sites (N-methyl/N-ethyl adjacent to an activating group) is 1. The molecule has 0 bridgehead atoms. The lowest BCUT2D eigenvalue weighted by Gasteiger charge is -2.30. The molecule has 2 fully saturated rings. The van der Waals surface area contributed by atoms with Crippen molar-refractivity contribution in [2.24, 2.45) is 0 Å². The summed E-state index contributed by atoms with van der Waals surface area (Å²) >= 11 is 0. The van der Waals surface area contributed by atoms with Gasteiger partial charge in [-0.05, 0) is 37.6 Å². The Kier molecular flexibility index (Phi) is 3.23. The van der Waals surface area contributed by atoms with Crippen molar-refractivity contribution < 1.29 is 8.91 Å². The highest BCUT2D eigenvalue weighted by Gasteiger charge is 2.51. The predicted octanol–water partition coefficient (Wildman–Crippen LogP) is 1.86. The molecule has 4 rings (SSSR count). The van der Waals surface area contributed by atoms with Crippen LogP contribution in [0.1, 0.15) is 36.2 Å². The van der Waals surface area contributed by atoms with E-state index in [0.717, 1.165) is 43.9 Å². The summed E-state index contributed by atoms with van der Waals surface area (Å²) in [6.45, 7) is 2.79. The van der Waals surface area contributed by atoms with Crippen LogP contribution in [0.3, 0.4) is 0 Å². The van der Waals surface area contributed by atoms with Gasteiger partial charge in [-0.2, -0.15) is 4.98 Å². The second kappa shape index (κ2) is 5.14. The molecule has 2 heterocycles. The van der Waals surface area contributed by atoms with Crippen molar-refractivity contribution in [3.05, 3.63) is 47.4 Å². The summed E-state index contributed by atoms with van der Waals surface area (Å²) < 4.78 is 18.7. The molecule has 1 saturated carbocycles. The maximum atomic E-state index is 13.1. The third-order valence-electron chi connectivity index (χ3n) is 4.81. The molecule has 1 unspecified atom stereocenters. The van der Waals surface area contributed by atoms with E-state index < -0.39 is 0 Å². The molecule has 1 saturated heterocycles. The number of halogens is 1. The molecule has 22 heavy (non-hydrogen) atoms. The first kappa shape index (κ1) is 13.8. The van der Waals surface area contributed by atoms with E-state index in [1.807, 2.05) is 12.1 Å². The van der Waals surface area contributed by atoms with E-state index in [2.05, 4.69) is 27.4 Å². The topological polar surface area (TPSA) is 54.2 Å². The molecule has 0 spiro atoms. The average molecular weight is 302 g/mol. The van der Waals surface area contributed by atoms with E-state index in [1.54, 1.807) is 0 Å². The molecule has 0 amide bonds. The highest BCUT2D eigenvalue weighted by molar-refractivity contribution is 5.38. The largest absolute Gasteiger partial charge is 0.338 e. The van der Waals surface area contributed by atoms with Gasteiger partial charge in [-0.15, -0.1) is 0 Å². The number of nitrogens with zero attached hydrogens (tertiary/aromatic N) is 3. The minimum Gasteiger partial charge on any atom is -0.338 e. The molecular weight excluding hydrogens is 283 g/mol. The van der Waals surface area contributed by atoms with E-state index in [-0.39, 0.29) is 17.3 Å². The van der Waals surface area contributed by atoms with Gasteiger partial charge in [0.25, 0.3) is 0 Å². The van der Waals surface area contributed by atoms with Gasteiger partial charge in [-0.25, -0.2) is 4.39 Å². The number of piperazine rings is 1. The second-order valence-electron chi connectivity index (χ2n) is 6.25. The normalized spacial score (nSPS) is 24.4. The lowest BCUT2D eigenvalue weighted by atomic mass is 9.96. The summed E-state index contributed by atoms with van der Waals surface area (Å²) in [5.41, 5.74) is 0.846. The van der Waals surface area contributed by atoms with Crippen LogP contribution in [0, 0.1) is 5.82 Å². The minimum atomic E-state index is -0.222. The Labute approximate surface area is 128 Å². The Morgan fingerprint density at radius 1 is 1.32 bits per heavy atom. The first-order chi connectivity index (χ1) is 10.7. The van der Waals surface area contributed by atoms with Gasteiger partial charge in [0, 0.05) is 19.6 Å². The zero-order valence-corrected chi connectivity index (χ0v) is 12.6. The number of rotatable bonds is 3. The van der Waals surface area contributed by atoms with E-state index in [4.69, 9.17) is 4.52 Å². The highest BCUT2D eigenvalue weighted by Crippen LogP contribution is 2.52. The van der Waals surface area contributed by atoms with Crippen LogP contribution in [-0.4, -0.2) is 41.7 Å². The van der Waals surface area contributed by atoms with Crippen molar-refractivity contribution in [3.63, 3.8) is 0 Å². The van der Waals surface area contributed by atoms with Gasteiger partial charge >= 0.3 is 0 Å². The zero-order valence-electron chi connectivity index (χ0n) is 12.6. The zero-order chi connectivity index (χ0) is 15.2. The van der Waals surface area contributed by atoms with Crippen LogP contribution in [0.5, 0.6) is 0 Å². The molecule has 1 aliphatic carbocycles. The van der Waals surface area contributed by atoms with Gasteiger partial charge in [0.2, 0.25) is 5.89 Å². The SMILES string of the molecule is CN1CCNCC1c1noc(C2(c3ccc(F)cc3)CC2)n1. The summed E-state index contributed by atoms with van der Waals surface area (Å²) in [5, 5.41) is 7.56. The van der Waals surface area contributed by atoms with Crippen molar-refractivity contribution in [2.75, 3.05) is 26.7 Å².